The average Bonchev–Trinajstić information content (AvgIpc) is 3.15. The summed E-state index contributed by atoms with van der Waals surface area (Å²) in [7, 11) is 0. The van der Waals surface area contributed by atoms with Crippen molar-refractivity contribution in [2.75, 3.05) is 13.2 Å². The van der Waals surface area contributed by atoms with Gasteiger partial charge in [0.25, 0.3) is 0 Å². The number of hydrogen-bond donors (Lipinski definition) is 1. The Morgan fingerprint density at radius 3 is 2.38 bits per heavy atom. The van der Waals surface area contributed by atoms with Crippen LogP contribution in [0.2, 0.25) is 0 Å². The summed E-state index contributed by atoms with van der Waals surface area (Å²) in [6.45, 7) is 6.69. The maximum atomic E-state index is 11.9. The Kier molecular flexibility index (Phi) is 5.06. The molecule has 0 aliphatic rings. The lowest BCUT2D eigenvalue weighted by atomic mass is 10.1. The lowest BCUT2D eigenvalue weighted by Gasteiger charge is -2.08. The minimum atomic E-state index is -0.395. The predicted molar refractivity (Wildman–Crippen MR) is 96.3 cm³/mol. The van der Waals surface area contributed by atoms with Crippen LogP contribution in [0.4, 0.5) is 0 Å². The molecule has 7 nitrogen and oxygen atoms in total. The smallest absolute Gasteiger partial charge is 0.354 e. The molecule has 0 atom stereocenters. The molecule has 0 saturated carbocycles. The summed E-state index contributed by atoms with van der Waals surface area (Å²) in [5.74, 6) is 0.105. The highest BCUT2D eigenvalue weighted by atomic mass is 16.5. The molecule has 0 saturated heterocycles. The fourth-order valence-electron chi connectivity index (χ4n) is 2.78. The van der Waals surface area contributed by atoms with Crippen molar-refractivity contribution in [1.29, 1.82) is 0 Å². The molecule has 0 amide bonds. The first kappa shape index (κ1) is 17.7. The van der Waals surface area contributed by atoms with Crippen LogP contribution in [0.25, 0.3) is 11.2 Å². The van der Waals surface area contributed by atoms with E-state index >= 15 is 0 Å². The fraction of sp³-hybridized carbons (Fsp3) is 0.316. The van der Waals surface area contributed by atoms with Crippen molar-refractivity contribution in [2.45, 2.75) is 27.3 Å². The van der Waals surface area contributed by atoms with Crippen LogP contribution in [0.15, 0.2) is 30.3 Å². The van der Waals surface area contributed by atoms with Crippen LogP contribution < -0.4 is 0 Å². The number of carbonyl (C=O) groups is 2. The second-order valence-corrected chi connectivity index (χ2v) is 5.80. The van der Waals surface area contributed by atoms with E-state index in [0.717, 1.165) is 17.0 Å². The van der Waals surface area contributed by atoms with Crippen molar-refractivity contribution >= 4 is 23.1 Å². The SMILES string of the molecule is CCOC(=O)c1ccc(Cn2c(C)nc3cc(C(=O)OCC)[nH]c32)cc1. The summed E-state index contributed by atoms with van der Waals surface area (Å²) >= 11 is 0. The van der Waals surface area contributed by atoms with Crippen LogP contribution >= 0.6 is 0 Å². The number of fused-ring (bicyclic) bond motifs is 1. The zero-order chi connectivity index (χ0) is 18.7. The number of aromatic amines is 1. The zero-order valence-electron chi connectivity index (χ0n) is 15.0. The Labute approximate surface area is 150 Å². The van der Waals surface area contributed by atoms with Gasteiger partial charge in [-0.25, -0.2) is 14.6 Å². The highest BCUT2D eigenvalue weighted by Crippen LogP contribution is 2.19. The van der Waals surface area contributed by atoms with E-state index in [0.29, 0.717) is 36.5 Å². The largest absolute Gasteiger partial charge is 0.462 e. The molecule has 3 aromatic rings. The normalized spacial score (nSPS) is 10.9. The van der Waals surface area contributed by atoms with Crippen LogP contribution in [-0.4, -0.2) is 39.7 Å². The number of aromatic nitrogens is 3. The highest BCUT2D eigenvalue weighted by Gasteiger charge is 2.16. The molecule has 2 aromatic heterocycles. The number of ether oxygens (including phenoxy) is 2. The second-order valence-electron chi connectivity index (χ2n) is 5.80. The molecule has 0 radical (unpaired) electrons. The van der Waals surface area contributed by atoms with Gasteiger partial charge in [-0.3, -0.25) is 0 Å². The third kappa shape index (κ3) is 3.46. The number of imidazole rings is 1. The van der Waals surface area contributed by atoms with Gasteiger partial charge in [0.15, 0.2) is 0 Å². The van der Waals surface area contributed by atoms with Crippen molar-refractivity contribution in [3.63, 3.8) is 0 Å². The molecule has 26 heavy (non-hydrogen) atoms. The van der Waals surface area contributed by atoms with Gasteiger partial charge in [-0.2, -0.15) is 0 Å². The number of H-pyrrole nitrogens is 1. The number of carbonyl (C=O) groups excluding carboxylic acids is 2. The maximum absolute atomic E-state index is 11.9. The van der Waals surface area contributed by atoms with Gasteiger partial charge in [0.05, 0.1) is 25.3 Å². The first-order valence-corrected chi connectivity index (χ1v) is 8.52. The van der Waals surface area contributed by atoms with Crippen LogP contribution in [0.5, 0.6) is 0 Å². The first-order chi connectivity index (χ1) is 12.5. The van der Waals surface area contributed by atoms with E-state index in [1.807, 2.05) is 23.6 Å². The lowest BCUT2D eigenvalue weighted by Crippen LogP contribution is -2.07. The molecular weight excluding hydrogens is 334 g/mol. The van der Waals surface area contributed by atoms with Crippen LogP contribution in [0, 0.1) is 6.92 Å². The number of esters is 2. The molecule has 1 aromatic carbocycles. The lowest BCUT2D eigenvalue weighted by molar-refractivity contribution is 0.0513. The topological polar surface area (TPSA) is 86.2 Å². The number of benzene rings is 1. The van der Waals surface area contributed by atoms with Crippen molar-refractivity contribution in [3.8, 4) is 0 Å². The van der Waals surface area contributed by atoms with Gasteiger partial charge >= 0.3 is 11.9 Å². The van der Waals surface area contributed by atoms with E-state index in [1.165, 1.54) is 0 Å². The van der Waals surface area contributed by atoms with Gasteiger partial charge in [0.1, 0.15) is 22.7 Å². The van der Waals surface area contributed by atoms with E-state index in [4.69, 9.17) is 9.47 Å². The molecule has 1 N–H and O–H groups in total. The van der Waals surface area contributed by atoms with Gasteiger partial charge in [-0.15, -0.1) is 0 Å². The molecule has 0 fully saturated rings. The Hall–Kier alpha value is -3.09. The fourth-order valence-corrected chi connectivity index (χ4v) is 2.78. The van der Waals surface area contributed by atoms with Crippen molar-refractivity contribution < 1.29 is 19.1 Å². The molecule has 0 aliphatic heterocycles. The van der Waals surface area contributed by atoms with E-state index in [1.54, 1.807) is 32.0 Å². The molecule has 136 valence electrons. The number of aryl methyl sites for hydroxylation is 1. The summed E-state index contributed by atoms with van der Waals surface area (Å²) < 4.78 is 12.0. The van der Waals surface area contributed by atoms with Gasteiger partial charge in [-0.1, -0.05) is 12.1 Å². The third-order valence-corrected chi connectivity index (χ3v) is 4.02. The van der Waals surface area contributed by atoms with E-state index in [9.17, 15) is 9.59 Å². The van der Waals surface area contributed by atoms with Gasteiger partial charge in [0.2, 0.25) is 0 Å². The highest BCUT2D eigenvalue weighted by molar-refractivity contribution is 5.93. The summed E-state index contributed by atoms with van der Waals surface area (Å²) in [5, 5.41) is 0. The number of nitrogens with one attached hydrogen (secondary N) is 1. The van der Waals surface area contributed by atoms with E-state index in [2.05, 4.69) is 9.97 Å². The minimum Gasteiger partial charge on any atom is -0.462 e. The standard InChI is InChI=1S/C19H21N3O4/c1-4-25-18(23)14-8-6-13(7-9-14)11-22-12(3)20-15-10-16(21-17(15)22)19(24)26-5-2/h6-10,21H,4-5,11H2,1-3H3. The van der Waals surface area contributed by atoms with Gasteiger partial charge < -0.3 is 19.0 Å². The van der Waals surface area contributed by atoms with Gasteiger partial charge in [0, 0.05) is 0 Å². The quantitative estimate of drug-likeness (QED) is 0.687. The Balaban J connectivity index is 1.85. The number of hydrogen-bond acceptors (Lipinski definition) is 5. The summed E-state index contributed by atoms with van der Waals surface area (Å²) in [5.41, 5.74) is 3.39. The molecule has 0 spiro atoms. The van der Waals surface area contributed by atoms with Crippen molar-refractivity contribution in [3.05, 3.63) is 53.0 Å². The first-order valence-electron chi connectivity index (χ1n) is 8.52. The average molecular weight is 355 g/mol. The molecular formula is C19H21N3O4. The Morgan fingerprint density at radius 2 is 1.73 bits per heavy atom. The predicted octanol–water partition coefficient (Wildman–Crippen LogP) is 3.07. The zero-order valence-corrected chi connectivity index (χ0v) is 15.0. The molecule has 0 unspecified atom stereocenters. The monoisotopic (exact) mass is 355 g/mol. The van der Waals surface area contributed by atoms with E-state index in [-0.39, 0.29) is 5.97 Å². The minimum absolute atomic E-state index is 0.321. The van der Waals surface area contributed by atoms with Crippen molar-refractivity contribution in [1.82, 2.24) is 14.5 Å². The Morgan fingerprint density at radius 1 is 1.08 bits per heavy atom. The molecule has 3 rings (SSSR count). The van der Waals surface area contributed by atoms with Crippen molar-refractivity contribution in [2.24, 2.45) is 0 Å². The van der Waals surface area contributed by atoms with Gasteiger partial charge in [-0.05, 0) is 44.5 Å². The number of rotatable bonds is 6. The number of nitrogens with zero attached hydrogens (tertiary/aromatic N) is 2. The molecule has 0 aliphatic carbocycles. The van der Waals surface area contributed by atoms with Crippen LogP contribution in [0.1, 0.15) is 46.1 Å². The molecule has 0 bridgehead atoms. The third-order valence-electron chi connectivity index (χ3n) is 4.02. The summed E-state index contributed by atoms with van der Waals surface area (Å²) in [4.78, 5) is 31.2. The van der Waals surface area contributed by atoms with Crippen LogP contribution in [-0.2, 0) is 16.0 Å². The molecule has 2 heterocycles. The van der Waals surface area contributed by atoms with E-state index < -0.39 is 5.97 Å². The second kappa shape index (κ2) is 7.43. The maximum Gasteiger partial charge on any atom is 0.354 e. The molecule has 7 heteroatoms. The summed E-state index contributed by atoms with van der Waals surface area (Å²) in [6, 6.07) is 8.95. The Bertz CT molecular complexity index is 938. The summed E-state index contributed by atoms with van der Waals surface area (Å²) in [6.07, 6.45) is 0. The van der Waals surface area contributed by atoms with Crippen LogP contribution in [0.3, 0.4) is 0 Å².